The van der Waals surface area contributed by atoms with Crippen LogP contribution in [0, 0.1) is 0 Å². The van der Waals surface area contributed by atoms with Gasteiger partial charge in [-0.3, -0.25) is 10.1 Å². The van der Waals surface area contributed by atoms with Crippen LogP contribution in [-0.2, 0) is 16.4 Å². The molecule has 0 radical (unpaired) electrons. The highest BCUT2D eigenvalue weighted by molar-refractivity contribution is 7.89. The minimum Gasteiger partial charge on any atom is -0.492 e. The fourth-order valence-corrected chi connectivity index (χ4v) is 4.65. The SMILES string of the molecule is CCCc1nnc(NC(=O)c2cc(S(=O)(=O)NCCOc3ccccc3)ccc2Cl)s1. The molecule has 31 heavy (non-hydrogen) atoms. The van der Waals surface area contributed by atoms with E-state index in [1.165, 1.54) is 29.5 Å². The molecule has 0 spiro atoms. The van der Waals surface area contributed by atoms with Crippen molar-refractivity contribution in [3.8, 4) is 5.75 Å². The molecule has 2 aromatic carbocycles. The Kier molecular flexibility index (Phi) is 7.97. The van der Waals surface area contributed by atoms with Gasteiger partial charge in [-0.15, -0.1) is 10.2 Å². The molecule has 0 saturated heterocycles. The third kappa shape index (κ3) is 6.47. The molecule has 0 fully saturated rings. The average molecular weight is 481 g/mol. The van der Waals surface area contributed by atoms with Crippen LogP contribution in [0.25, 0.3) is 0 Å². The zero-order chi connectivity index (χ0) is 22.3. The molecule has 0 unspecified atom stereocenters. The molecule has 0 saturated carbocycles. The van der Waals surface area contributed by atoms with Crippen LogP contribution in [0.3, 0.4) is 0 Å². The molecule has 0 bridgehead atoms. The van der Waals surface area contributed by atoms with E-state index in [-0.39, 0.29) is 28.6 Å². The van der Waals surface area contributed by atoms with Crippen molar-refractivity contribution in [3.63, 3.8) is 0 Å². The summed E-state index contributed by atoms with van der Waals surface area (Å²) < 4.78 is 33.1. The minimum atomic E-state index is -3.86. The highest BCUT2D eigenvalue weighted by Crippen LogP contribution is 2.23. The average Bonchev–Trinajstić information content (AvgIpc) is 3.19. The number of para-hydroxylation sites is 1. The van der Waals surface area contributed by atoms with Crippen LogP contribution in [0.1, 0.15) is 28.7 Å². The number of ether oxygens (including phenoxy) is 1. The van der Waals surface area contributed by atoms with Gasteiger partial charge in [-0.05, 0) is 36.8 Å². The molecular weight excluding hydrogens is 460 g/mol. The van der Waals surface area contributed by atoms with Crippen molar-refractivity contribution in [2.24, 2.45) is 0 Å². The van der Waals surface area contributed by atoms with Crippen molar-refractivity contribution in [1.29, 1.82) is 0 Å². The van der Waals surface area contributed by atoms with Gasteiger partial charge in [0.2, 0.25) is 15.2 Å². The van der Waals surface area contributed by atoms with Gasteiger partial charge in [-0.25, -0.2) is 13.1 Å². The Morgan fingerprint density at radius 3 is 2.68 bits per heavy atom. The molecule has 0 aliphatic heterocycles. The van der Waals surface area contributed by atoms with E-state index < -0.39 is 15.9 Å². The van der Waals surface area contributed by atoms with Gasteiger partial charge < -0.3 is 4.74 Å². The molecule has 8 nitrogen and oxygen atoms in total. The van der Waals surface area contributed by atoms with Crippen molar-refractivity contribution in [1.82, 2.24) is 14.9 Å². The molecule has 1 aromatic heterocycles. The van der Waals surface area contributed by atoms with E-state index in [2.05, 4.69) is 20.2 Å². The number of anilines is 1. The van der Waals surface area contributed by atoms with E-state index in [1.54, 1.807) is 12.1 Å². The Labute approximate surface area is 189 Å². The number of halogens is 1. The lowest BCUT2D eigenvalue weighted by Crippen LogP contribution is -2.28. The van der Waals surface area contributed by atoms with E-state index in [9.17, 15) is 13.2 Å². The highest BCUT2D eigenvalue weighted by atomic mass is 35.5. The smallest absolute Gasteiger partial charge is 0.259 e. The summed E-state index contributed by atoms with van der Waals surface area (Å²) in [4.78, 5) is 12.5. The largest absolute Gasteiger partial charge is 0.492 e. The summed E-state index contributed by atoms with van der Waals surface area (Å²) >= 11 is 7.39. The van der Waals surface area contributed by atoms with E-state index in [0.717, 1.165) is 17.8 Å². The van der Waals surface area contributed by atoms with E-state index in [0.29, 0.717) is 10.9 Å². The Hall–Kier alpha value is -2.53. The number of carbonyl (C=O) groups excluding carboxylic acids is 1. The standard InChI is InChI=1S/C20H21ClN4O4S2/c1-2-6-18-24-25-20(30-18)23-19(26)16-13-15(9-10-17(16)21)31(27,28)22-11-12-29-14-7-4-3-5-8-14/h3-5,7-10,13,22H,2,6,11-12H2,1H3,(H,23,25,26). The maximum Gasteiger partial charge on any atom is 0.259 e. The molecule has 0 aliphatic carbocycles. The zero-order valence-corrected chi connectivity index (χ0v) is 19.1. The first-order valence-electron chi connectivity index (χ1n) is 9.50. The van der Waals surface area contributed by atoms with Gasteiger partial charge in [0.05, 0.1) is 15.5 Å². The van der Waals surface area contributed by atoms with Crippen molar-refractivity contribution < 1.29 is 17.9 Å². The summed E-state index contributed by atoms with van der Waals surface area (Å²) in [5, 5.41) is 11.8. The first-order valence-corrected chi connectivity index (χ1v) is 12.2. The Morgan fingerprint density at radius 2 is 1.94 bits per heavy atom. The number of carbonyl (C=O) groups is 1. The van der Waals surface area contributed by atoms with Gasteiger partial charge in [-0.1, -0.05) is 48.1 Å². The van der Waals surface area contributed by atoms with Gasteiger partial charge in [0, 0.05) is 13.0 Å². The Balaban J connectivity index is 1.64. The summed E-state index contributed by atoms with van der Waals surface area (Å²) in [5.74, 6) is 0.0829. The third-order valence-electron chi connectivity index (χ3n) is 4.05. The van der Waals surface area contributed by atoms with Crippen LogP contribution < -0.4 is 14.8 Å². The molecular formula is C20H21ClN4O4S2. The second-order valence-corrected chi connectivity index (χ2v) is 9.64. The molecule has 3 rings (SSSR count). The van der Waals surface area contributed by atoms with Crippen LogP contribution in [0.5, 0.6) is 5.75 Å². The van der Waals surface area contributed by atoms with Gasteiger partial charge in [-0.2, -0.15) is 0 Å². The number of benzene rings is 2. The number of sulfonamides is 1. The molecule has 0 aliphatic rings. The second-order valence-electron chi connectivity index (χ2n) is 6.41. The summed E-state index contributed by atoms with van der Waals surface area (Å²) in [5.41, 5.74) is 0.0253. The summed E-state index contributed by atoms with van der Waals surface area (Å²) in [6.07, 6.45) is 1.68. The fourth-order valence-electron chi connectivity index (χ4n) is 2.57. The van der Waals surface area contributed by atoms with Gasteiger partial charge in [0.25, 0.3) is 5.91 Å². The molecule has 0 atom stereocenters. The fraction of sp³-hybridized carbons (Fsp3) is 0.250. The second kappa shape index (κ2) is 10.7. The number of hydrogen-bond acceptors (Lipinski definition) is 7. The quantitative estimate of drug-likeness (QED) is 0.427. The lowest BCUT2D eigenvalue weighted by molar-refractivity contribution is 0.102. The minimum absolute atomic E-state index is 0.0253. The molecule has 11 heteroatoms. The maximum absolute atomic E-state index is 12.6. The first-order chi connectivity index (χ1) is 14.9. The Bertz CT molecular complexity index is 1140. The van der Waals surface area contributed by atoms with Crippen molar-refractivity contribution >= 4 is 44.0 Å². The molecule has 2 N–H and O–H groups in total. The van der Waals surface area contributed by atoms with E-state index in [4.69, 9.17) is 16.3 Å². The number of nitrogens with one attached hydrogen (secondary N) is 2. The van der Waals surface area contributed by atoms with Crippen molar-refractivity contribution in [2.45, 2.75) is 24.7 Å². The number of rotatable bonds is 10. The van der Waals surface area contributed by atoms with E-state index in [1.807, 2.05) is 25.1 Å². The predicted molar refractivity (Wildman–Crippen MR) is 120 cm³/mol. The van der Waals surface area contributed by atoms with Gasteiger partial charge in [0.15, 0.2) is 0 Å². The van der Waals surface area contributed by atoms with Crippen LogP contribution in [-0.4, -0.2) is 37.7 Å². The number of hydrogen-bond donors (Lipinski definition) is 2. The maximum atomic E-state index is 12.6. The van der Waals surface area contributed by atoms with Crippen LogP contribution in [0.2, 0.25) is 5.02 Å². The highest BCUT2D eigenvalue weighted by Gasteiger charge is 2.19. The first kappa shape index (κ1) is 23.1. The monoisotopic (exact) mass is 480 g/mol. The van der Waals surface area contributed by atoms with Crippen molar-refractivity contribution in [3.05, 3.63) is 64.1 Å². The Morgan fingerprint density at radius 1 is 1.16 bits per heavy atom. The van der Waals surface area contributed by atoms with Crippen LogP contribution in [0.15, 0.2) is 53.4 Å². The van der Waals surface area contributed by atoms with E-state index >= 15 is 0 Å². The van der Waals surface area contributed by atoms with Crippen LogP contribution >= 0.6 is 22.9 Å². The van der Waals surface area contributed by atoms with Gasteiger partial charge >= 0.3 is 0 Å². The number of amides is 1. The summed E-state index contributed by atoms with van der Waals surface area (Å²) in [6, 6.07) is 13.0. The summed E-state index contributed by atoms with van der Waals surface area (Å²) in [7, 11) is -3.86. The molecule has 1 amide bonds. The van der Waals surface area contributed by atoms with Gasteiger partial charge in [0.1, 0.15) is 17.4 Å². The topological polar surface area (TPSA) is 110 Å². The lowest BCUT2D eigenvalue weighted by atomic mass is 10.2. The number of aryl methyl sites for hydroxylation is 1. The number of nitrogens with zero attached hydrogens (tertiary/aromatic N) is 2. The molecule has 1 heterocycles. The van der Waals surface area contributed by atoms with Crippen LogP contribution in [0.4, 0.5) is 5.13 Å². The number of aromatic nitrogens is 2. The molecule has 164 valence electrons. The molecule has 3 aromatic rings. The summed E-state index contributed by atoms with van der Waals surface area (Å²) in [6.45, 7) is 2.24. The normalized spacial score (nSPS) is 11.3. The van der Waals surface area contributed by atoms with Crippen molar-refractivity contribution in [2.75, 3.05) is 18.5 Å². The third-order valence-corrected chi connectivity index (χ3v) is 6.74. The lowest BCUT2D eigenvalue weighted by Gasteiger charge is -2.10. The predicted octanol–water partition coefficient (Wildman–Crippen LogP) is 3.75. The zero-order valence-electron chi connectivity index (χ0n) is 16.7.